The van der Waals surface area contributed by atoms with E-state index in [1.165, 1.54) is 0 Å². The average Bonchev–Trinajstić information content (AvgIpc) is 2.74. The van der Waals surface area contributed by atoms with Crippen molar-refractivity contribution in [3.8, 4) is 0 Å². The molecule has 3 heterocycles. The smallest absolute Gasteiger partial charge is 0.255 e. The summed E-state index contributed by atoms with van der Waals surface area (Å²) in [5.74, 6) is 0.762. The summed E-state index contributed by atoms with van der Waals surface area (Å²) in [6.07, 6.45) is 4.26. The molecule has 0 aliphatic carbocycles. The van der Waals surface area contributed by atoms with E-state index in [9.17, 15) is 4.79 Å². The lowest BCUT2D eigenvalue weighted by Gasteiger charge is -2.44. The topological polar surface area (TPSA) is 70.6 Å². The number of fused-ring (bicyclic) bond motifs is 2. The molecule has 1 saturated heterocycles. The Morgan fingerprint density at radius 2 is 2.00 bits per heavy atom. The van der Waals surface area contributed by atoms with Crippen molar-refractivity contribution in [1.29, 1.82) is 0 Å². The van der Waals surface area contributed by atoms with Crippen LogP contribution in [-0.2, 0) is 16.8 Å². The first-order chi connectivity index (χ1) is 13.5. The van der Waals surface area contributed by atoms with Crippen molar-refractivity contribution in [3.05, 3.63) is 47.3 Å². The summed E-state index contributed by atoms with van der Waals surface area (Å²) >= 11 is 0. The highest BCUT2D eigenvalue weighted by Gasteiger charge is 2.43. The molecule has 1 N–H and O–H groups in total. The predicted molar refractivity (Wildman–Crippen MR) is 109 cm³/mol. The van der Waals surface area contributed by atoms with Crippen LogP contribution in [0.4, 0.5) is 11.6 Å². The second-order valence-corrected chi connectivity index (χ2v) is 7.62. The number of amides is 1. The number of likely N-dealkylation sites (tertiary alicyclic amines) is 1. The van der Waals surface area contributed by atoms with Crippen molar-refractivity contribution < 1.29 is 9.53 Å². The molecule has 28 heavy (non-hydrogen) atoms. The minimum absolute atomic E-state index is 0.0625. The Bertz CT molecular complexity index is 875. The number of nitrogens with one attached hydrogen (secondary N) is 1. The summed E-state index contributed by atoms with van der Waals surface area (Å²) in [4.78, 5) is 26.2. The van der Waals surface area contributed by atoms with Gasteiger partial charge in [-0.1, -0.05) is 12.1 Å². The fraction of sp³-hybridized carbons (Fsp3) is 0.476. The number of nitrogens with zero attached hydrogens (tertiary/aromatic N) is 4. The maximum Gasteiger partial charge on any atom is 0.255 e. The van der Waals surface area contributed by atoms with E-state index < -0.39 is 5.60 Å². The van der Waals surface area contributed by atoms with Crippen LogP contribution in [0.25, 0.3) is 0 Å². The molecule has 0 bridgehead atoms. The summed E-state index contributed by atoms with van der Waals surface area (Å²) in [5.41, 5.74) is 3.32. The average molecular weight is 381 g/mol. The van der Waals surface area contributed by atoms with E-state index in [0.717, 1.165) is 36.2 Å². The normalized spacial score (nSPS) is 17.9. The number of anilines is 2. The van der Waals surface area contributed by atoms with Crippen LogP contribution in [0.1, 0.15) is 34.5 Å². The zero-order chi connectivity index (χ0) is 19.7. The Balaban J connectivity index is 1.56. The van der Waals surface area contributed by atoms with Crippen molar-refractivity contribution in [2.24, 2.45) is 0 Å². The van der Waals surface area contributed by atoms with Gasteiger partial charge < -0.3 is 19.9 Å². The van der Waals surface area contributed by atoms with Gasteiger partial charge in [0, 0.05) is 46.1 Å². The van der Waals surface area contributed by atoms with Gasteiger partial charge in [0.15, 0.2) is 0 Å². The number of carbonyl (C=O) groups excluding carboxylic acids is 1. The Morgan fingerprint density at radius 3 is 2.71 bits per heavy atom. The molecule has 7 nitrogen and oxygen atoms in total. The van der Waals surface area contributed by atoms with Gasteiger partial charge in [0.1, 0.15) is 5.60 Å². The van der Waals surface area contributed by atoms with Crippen LogP contribution < -0.4 is 10.2 Å². The second kappa shape index (κ2) is 7.39. The number of benzene rings is 1. The van der Waals surface area contributed by atoms with Crippen LogP contribution >= 0.6 is 0 Å². The van der Waals surface area contributed by atoms with Gasteiger partial charge in [-0.05, 0) is 37.0 Å². The molecule has 1 aromatic heterocycles. The summed E-state index contributed by atoms with van der Waals surface area (Å²) in [5, 5.41) is 3.11. The SMILES string of the molecule is CNc1ccccc1C(=O)N1CCC2(CC1)OCCc1cnc(N(C)C)nc12. The van der Waals surface area contributed by atoms with E-state index in [2.05, 4.69) is 10.3 Å². The van der Waals surface area contributed by atoms with Crippen LogP contribution in [0.5, 0.6) is 0 Å². The molecular weight excluding hydrogens is 354 g/mol. The van der Waals surface area contributed by atoms with E-state index >= 15 is 0 Å². The molecule has 2 aliphatic rings. The number of rotatable bonds is 3. The van der Waals surface area contributed by atoms with Gasteiger partial charge in [-0.25, -0.2) is 9.97 Å². The molecular formula is C21H27N5O2. The maximum absolute atomic E-state index is 13.1. The number of piperidine rings is 1. The monoisotopic (exact) mass is 381 g/mol. The standard InChI is InChI=1S/C21H27N5O2/c1-22-17-7-5-4-6-16(17)19(27)26-11-9-21(10-12-26)18-15(8-13-28-21)14-23-20(24-18)25(2)3/h4-7,14,22H,8-13H2,1-3H3. The molecule has 0 atom stereocenters. The number of aromatic nitrogens is 2. The van der Waals surface area contributed by atoms with Gasteiger partial charge in [0.2, 0.25) is 5.95 Å². The van der Waals surface area contributed by atoms with Crippen molar-refractivity contribution in [3.63, 3.8) is 0 Å². The van der Waals surface area contributed by atoms with Gasteiger partial charge in [0.05, 0.1) is 17.9 Å². The van der Waals surface area contributed by atoms with Crippen LogP contribution in [0.3, 0.4) is 0 Å². The highest BCUT2D eigenvalue weighted by molar-refractivity contribution is 5.99. The van der Waals surface area contributed by atoms with Crippen molar-refractivity contribution in [2.45, 2.75) is 24.9 Å². The predicted octanol–water partition coefficient (Wildman–Crippen LogP) is 2.29. The molecule has 1 spiro atoms. The van der Waals surface area contributed by atoms with Crippen LogP contribution in [0.15, 0.2) is 30.5 Å². The largest absolute Gasteiger partial charge is 0.387 e. The minimum Gasteiger partial charge on any atom is -0.387 e. The first-order valence-corrected chi connectivity index (χ1v) is 9.78. The lowest BCUT2D eigenvalue weighted by Crippen LogP contribution is -2.49. The molecule has 1 aromatic carbocycles. The number of hydrogen-bond acceptors (Lipinski definition) is 6. The van der Waals surface area contributed by atoms with Crippen LogP contribution in [-0.4, -0.2) is 61.6 Å². The van der Waals surface area contributed by atoms with Crippen molar-refractivity contribution in [1.82, 2.24) is 14.9 Å². The maximum atomic E-state index is 13.1. The molecule has 1 amide bonds. The number of ether oxygens (including phenoxy) is 1. The molecule has 0 unspecified atom stereocenters. The van der Waals surface area contributed by atoms with Gasteiger partial charge in [-0.3, -0.25) is 4.79 Å². The summed E-state index contributed by atoms with van der Waals surface area (Å²) < 4.78 is 6.29. The van der Waals surface area contributed by atoms with E-state index in [-0.39, 0.29) is 5.91 Å². The lowest BCUT2D eigenvalue weighted by atomic mass is 9.83. The van der Waals surface area contributed by atoms with Crippen LogP contribution in [0, 0.1) is 0 Å². The van der Waals surface area contributed by atoms with E-state index in [0.29, 0.717) is 31.2 Å². The molecule has 0 saturated carbocycles. The number of carbonyl (C=O) groups is 1. The molecule has 0 radical (unpaired) electrons. The van der Waals surface area contributed by atoms with E-state index in [4.69, 9.17) is 9.72 Å². The van der Waals surface area contributed by atoms with Gasteiger partial charge in [0.25, 0.3) is 5.91 Å². The fourth-order valence-electron chi connectivity index (χ4n) is 4.13. The van der Waals surface area contributed by atoms with Gasteiger partial charge in [-0.2, -0.15) is 0 Å². The quantitative estimate of drug-likeness (QED) is 0.880. The zero-order valence-corrected chi connectivity index (χ0v) is 16.7. The fourth-order valence-corrected chi connectivity index (χ4v) is 4.13. The lowest BCUT2D eigenvalue weighted by molar-refractivity contribution is -0.0966. The minimum atomic E-state index is -0.416. The van der Waals surface area contributed by atoms with Crippen molar-refractivity contribution >= 4 is 17.5 Å². The molecule has 7 heteroatoms. The summed E-state index contributed by atoms with van der Waals surface area (Å²) in [6, 6.07) is 7.64. The highest BCUT2D eigenvalue weighted by Crippen LogP contribution is 2.41. The first kappa shape index (κ1) is 18.7. The molecule has 1 fully saturated rings. The summed E-state index contributed by atoms with van der Waals surface area (Å²) in [7, 11) is 5.73. The third-order valence-electron chi connectivity index (χ3n) is 5.72. The van der Waals surface area contributed by atoms with Crippen molar-refractivity contribution in [2.75, 3.05) is 51.1 Å². The first-order valence-electron chi connectivity index (χ1n) is 9.78. The molecule has 2 aliphatic heterocycles. The Hall–Kier alpha value is -2.67. The molecule has 148 valence electrons. The molecule has 4 rings (SSSR count). The Labute approximate surface area is 165 Å². The Kier molecular flexibility index (Phi) is 4.93. The van der Waals surface area contributed by atoms with E-state index in [1.807, 2.05) is 61.4 Å². The van der Waals surface area contributed by atoms with Gasteiger partial charge >= 0.3 is 0 Å². The number of hydrogen-bond donors (Lipinski definition) is 1. The van der Waals surface area contributed by atoms with Gasteiger partial charge in [-0.15, -0.1) is 0 Å². The zero-order valence-electron chi connectivity index (χ0n) is 16.7. The van der Waals surface area contributed by atoms with Crippen LogP contribution in [0.2, 0.25) is 0 Å². The third kappa shape index (κ3) is 3.20. The second-order valence-electron chi connectivity index (χ2n) is 7.62. The third-order valence-corrected chi connectivity index (χ3v) is 5.72. The number of para-hydroxylation sites is 1. The summed E-state index contributed by atoms with van der Waals surface area (Å²) in [6.45, 7) is 1.98. The molecule has 2 aromatic rings. The Morgan fingerprint density at radius 1 is 1.25 bits per heavy atom. The van der Waals surface area contributed by atoms with E-state index in [1.54, 1.807) is 0 Å². The highest BCUT2D eigenvalue weighted by atomic mass is 16.5.